The molecule has 10 heteroatoms. The minimum atomic E-state index is -0.926. The third kappa shape index (κ3) is 2.35. The first-order chi connectivity index (χ1) is 10.9. The van der Waals surface area contributed by atoms with Crippen LogP contribution in [0.15, 0.2) is 17.7 Å². The average molecular weight is 319 g/mol. The quantitative estimate of drug-likeness (QED) is 0.362. The van der Waals surface area contributed by atoms with Gasteiger partial charge in [0.25, 0.3) is 17.5 Å². The van der Waals surface area contributed by atoms with Gasteiger partial charge in [0.1, 0.15) is 5.57 Å². The zero-order valence-electron chi connectivity index (χ0n) is 11.7. The van der Waals surface area contributed by atoms with Crippen LogP contribution in [0.4, 0.5) is 10.5 Å². The SMILES string of the molecule is CN1C(=O)NC(=O)/C(=C\c2cc3c(cc2[N+](=O)[O-])OCO3)C1=O. The fraction of sp³-hybridized carbons (Fsp3) is 0.154. The van der Waals surface area contributed by atoms with Crippen molar-refractivity contribution < 1.29 is 28.8 Å². The zero-order chi connectivity index (χ0) is 16.7. The summed E-state index contributed by atoms with van der Waals surface area (Å²) in [6.07, 6.45) is 1.04. The standard InChI is InChI=1S/C13H9N3O7/c1-15-12(18)7(11(17)14-13(15)19)2-6-3-9-10(23-5-22-9)4-8(6)16(20)21/h2-4H,5H2,1H3,(H,14,17,19)/b7-2+. The van der Waals surface area contributed by atoms with E-state index in [0.717, 1.165) is 12.1 Å². The van der Waals surface area contributed by atoms with Crippen LogP contribution in [0, 0.1) is 10.1 Å². The van der Waals surface area contributed by atoms with Crippen LogP contribution in [-0.4, -0.2) is 41.5 Å². The Morgan fingerprint density at radius 1 is 1.26 bits per heavy atom. The van der Waals surface area contributed by atoms with Crippen molar-refractivity contribution in [1.82, 2.24) is 10.2 Å². The molecular formula is C13H9N3O7. The highest BCUT2D eigenvalue weighted by atomic mass is 16.7. The van der Waals surface area contributed by atoms with Crippen molar-refractivity contribution in [3.63, 3.8) is 0 Å². The van der Waals surface area contributed by atoms with E-state index in [1.165, 1.54) is 13.1 Å². The van der Waals surface area contributed by atoms with Crippen LogP contribution >= 0.6 is 0 Å². The van der Waals surface area contributed by atoms with E-state index in [2.05, 4.69) is 0 Å². The first-order valence-corrected chi connectivity index (χ1v) is 6.31. The van der Waals surface area contributed by atoms with Crippen LogP contribution in [0.2, 0.25) is 0 Å². The Kier molecular flexibility index (Phi) is 3.21. The van der Waals surface area contributed by atoms with Crippen LogP contribution in [0.1, 0.15) is 5.56 Å². The molecule has 10 nitrogen and oxygen atoms in total. The second-order valence-corrected chi connectivity index (χ2v) is 4.70. The predicted octanol–water partition coefficient (Wildman–Crippen LogP) is 0.415. The number of rotatable bonds is 2. The molecule has 0 aromatic heterocycles. The molecule has 1 aromatic rings. The molecule has 2 aliphatic heterocycles. The molecule has 0 radical (unpaired) electrons. The molecule has 0 saturated carbocycles. The molecule has 0 aliphatic carbocycles. The molecule has 0 atom stereocenters. The van der Waals surface area contributed by atoms with Crippen molar-refractivity contribution in [1.29, 1.82) is 0 Å². The van der Waals surface area contributed by atoms with Crippen LogP contribution in [-0.2, 0) is 9.59 Å². The number of amides is 4. The minimum absolute atomic E-state index is 0.0134. The lowest BCUT2D eigenvalue weighted by Gasteiger charge is -2.22. The molecule has 23 heavy (non-hydrogen) atoms. The smallest absolute Gasteiger partial charge is 0.331 e. The van der Waals surface area contributed by atoms with Crippen LogP contribution in [0.5, 0.6) is 11.5 Å². The summed E-state index contributed by atoms with van der Waals surface area (Å²) in [6, 6.07) is 1.58. The fourth-order valence-electron chi connectivity index (χ4n) is 2.12. The first kappa shape index (κ1) is 14.5. The van der Waals surface area contributed by atoms with E-state index >= 15 is 0 Å². The number of carbonyl (C=O) groups is 3. The van der Waals surface area contributed by atoms with Gasteiger partial charge in [0.2, 0.25) is 6.79 Å². The molecule has 1 saturated heterocycles. The molecule has 4 amide bonds. The van der Waals surface area contributed by atoms with Crippen LogP contribution in [0.25, 0.3) is 6.08 Å². The van der Waals surface area contributed by atoms with Gasteiger partial charge in [-0.15, -0.1) is 0 Å². The number of fused-ring (bicyclic) bond motifs is 1. The number of imide groups is 2. The number of nitrogens with zero attached hydrogens (tertiary/aromatic N) is 2. The third-order valence-electron chi connectivity index (χ3n) is 3.32. The van der Waals surface area contributed by atoms with Crippen LogP contribution < -0.4 is 14.8 Å². The van der Waals surface area contributed by atoms with Crippen molar-refractivity contribution in [2.75, 3.05) is 13.8 Å². The fourth-order valence-corrected chi connectivity index (χ4v) is 2.12. The van der Waals surface area contributed by atoms with Crippen molar-refractivity contribution in [3.8, 4) is 11.5 Å². The van der Waals surface area contributed by atoms with Crippen molar-refractivity contribution in [3.05, 3.63) is 33.4 Å². The second-order valence-electron chi connectivity index (χ2n) is 4.70. The Bertz CT molecular complexity index is 799. The maximum absolute atomic E-state index is 12.0. The van der Waals surface area contributed by atoms with Gasteiger partial charge in [-0.25, -0.2) is 4.79 Å². The Balaban J connectivity index is 2.11. The Morgan fingerprint density at radius 2 is 1.91 bits per heavy atom. The van der Waals surface area contributed by atoms with Crippen molar-refractivity contribution >= 4 is 29.6 Å². The average Bonchev–Trinajstić information content (AvgIpc) is 2.95. The molecule has 0 spiro atoms. The number of carbonyl (C=O) groups excluding carboxylic acids is 3. The van der Waals surface area contributed by atoms with Gasteiger partial charge in [-0.1, -0.05) is 0 Å². The highest BCUT2D eigenvalue weighted by molar-refractivity contribution is 6.31. The normalized spacial score (nSPS) is 18.4. The van der Waals surface area contributed by atoms with Crippen molar-refractivity contribution in [2.24, 2.45) is 0 Å². The summed E-state index contributed by atoms with van der Waals surface area (Å²) in [6.45, 7) is -0.0802. The summed E-state index contributed by atoms with van der Waals surface area (Å²) in [7, 11) is 1.19. The number of nitrogens with one attached hydrogen (secondary N) is 1. The van der Waals surface area contributed by atoms with E-state index in [-0.39, 0.29) is 29.5 Å². The number of nitro groups is 1. The Hall–Kier alpha value is -3.43. The molecule has 1 N–H and O–H groups in total. The van der Waals surface area contributed by atoms with E-state index in [4.69, 9.17) is 9.47 Å². The highest BCUT2D eigenvalue weighted by Crippen LogP contribution is 2.38. The molecule has 3 rings (SSSR count). The lowest BCUT2D eigenvalue weighted by atomic mass is 10.1. The maximum Gasteiger partial charge on any atom is 0.331 e. The van der Waals surface area contributed by atoms with E-state index in [0.29, 0.717) is 4.90 Å². The van der Waals surface area contributed by atoms with E-state index in [9.17, 15) is 24.5 Å². The van der Waals surface area contributed by atoms with Crippen LogP contribution in [0.3, 0.4) is 0 Å². The zero-order valence-corrected chi connectivity index (χ0v) is 11.7. The molecule has 2 heterocycles. The number of ether oxygens (including phenoxy) is 2. The molecule has 1 fully saturated rings. The molecule has 0 unspecified atom stereocenters. The number of hydrogen-bond acceptors (Lipinski definition) is 7. The number of benzene rings is 1. The molecule has 1 aromatic carbocycles. The minimum Gasteiger partial charge on any atom is -0.454 e. The summed E-state index contributed by atoms with van der Waals surface area (Å²) in [5.74, 6) is -1.32. The predicted molar refractivity (Wildman–Crippen MR) is 73.5 cm³/mol. The number of likely N-dealkylation sites (N-methyl/N-ethyl adjacent to an activating group) is 1. The van der Waals surface area contributed by atoms with Gasteiger partial charge < -0.3 is 9.47 Å². The topological polar surface area (TPSA) is 128 Å². The number of nitro benzene ring substituents is 1. The highest BCUT2D eigenvalue weighted by Gasteiger charge is 2.34. The monoisotopic (exact) mass is 319 g/mol. The van der Waals surface area contributed by atoms with Gasteiger partial charge >= 0.3 is 6.03 Å². The summed E-state index contributed by atoms with van der Waals surface area (Å²) in [5, 5.41) is 13.1. The third-order valence-corrected chi connectivity index (χ3v) is 3.32. The van der Waals surface area contributed by atoms with Gasteiger partial charge in [-0.3, -0.25) is 29.9 Å². The second kappa shape index (κ2) is 5.09. The number of barbiturate groups is 1. The summed E-state index contributed by atoms with van der Waals surface area (Å²) in [4.78, 5) is 46.4. The Morgan fingerprint density at radius 3 is 2.57 bits per heavy atom. The van der Waals surface area contributed by atoms with E-state index in [1.807, 2.05) is 5.32 Å². The maximum atomic E-state index is 12.0. The lowest BCUT2D eigenvalue weighted by molar-refractivity contribution is -0.385. The first-order valence-electron chi connectivity index (χ1n) is 6.31. The number of hydrogen-bond donors (Lipinski definition) is 1. The molecule has 2 aliphatic rings. The van der Waals surface area contributed by atoms with Gasteiger partial charge in [0, 0.05) is 7.05 Å². The lowest BCUT2D eigenvalue weighted by Crippen LogP contribution is -2.52. The summed E-state index contributed by atoms with van der Waals surface area (Å²) in [5.41, 5.74) is -0.767. The van der Waals surface area contributed by atoms with E-state index in [1.54, 1.807) is 0 Å². The number of urea groups is 1. The van der Waals surface area contributed by atoms with E-state index < -0.39 is 28.3 Å². The largest absolute Gasteiger partial charge is 0.454 e. The molecule has 0 bridgehead atoms. The van der Waals surface area contributed by atoms with Gasteiger partial charge in [0.05, 0.1) is 16.6 Å². The summed E-state index contributed by atoms with van der Waals surface area (Å²) < 4.78 is 10.2. The van der Waals surface area contributed by atoms with Gasteiger partial charge in [-0.2, -0.15) is 0 Å². The Labute approximate surface area is 128 Å². The van der Waals surface area contributed by atoms with Gasteiger partial charge in [0.15, 0.2) is 11.5 Å². The summed E-state index contributed by atoms with van der Waals surface area (Å²) >= 11 is 0. The van der Waals surface area contributed by atoms with Crippen molar-refractivity contribution in [2.45, 2.75) is 0 Å². The molecule has 118 valence electrons. The van der Waals surface area contributed by atoms with Gasteiger partial charge in [-0.05, 0) is 12.1 Å². The molecular weight excluding hydrogens is 310 g/mol.